The summed E-state index contributed by atoms with van der Waals surface area (Å²) in [5.41, 5.74) is 7.79. The van der Waals surface area contributed by atoms with E-state index in [2.05, 4.69) is 6.58 Å². The molecule has 6 heteroatoms. The molecule has 0 aromatic heterocycles. The van der Waals surface area contributed by atoms with E-state index in [0.717, 1.165) is 0 Å². The summed E-state index contributed by atoms with van der Waals surface area (Å²) in [4.78, 5) is 23.0. The molecule has 0 atom stereocenters. The van der Waals surface area contributed by atoms with Gasteiger partial charge in [-0.2, -0.15) is 0 Å². The summed E-state index contributed by atoms with van der Waals surface area (Å²) in [6.45, 7) is 6.19. The number of hydrogen-bond acceptors (Lipinski definition) is 6. The molecular weight excluding hydrogens is 286 g/mol. The second kappa shape index (κ2) is 7.61. The maximum atomic E-state index is 11.6. The highest BCUT2D eigenvalue weighted by Gasteiger charge is 2.19. The number of ether oxygens (including phenoxy) is 2. The highest BCUT2D eigenvalue weighted by atomic mass is 16.5. The van der Waals surface area contributed by atoms with Gasteiger partial charge in [-0.1, -0.05) is 6.58 Å². The quantitative estimate of drug-likeness (QED) is 0.344. The summed E-state index contributed by atoms with van der Waals surface area (Å²) in [6.07, 6.45) is 0.306. The van der Waals surface area contributed by atoms with Crippen LogP contribution in [0.4, 0.5) is 5.69 Å². The van der Waals surface area contributed by atoms with Gasteiger partial charge in [0.2, 0.25) is 0 Å². The van der Waals surface area contributed by atoms with Gasteiger partial charge in [-0.25, -0.2) is 4.79 Å². The Morgan fingerprint density at radius 1 is 1.32 bits per heavy atom. The minimum Gasteiger partial charge on any atom is -0.496 e. The van der Waals surface area contributed by atoms with E-state index >= 15 is 0 Å². The lowest BCUT2D eigenvalue weighted by Crippen LogP contribution is -2.13. The molecule has 0 fully saturated rings. The van der Waals surface area contributed by atoms with Gasteiger partial charge in [0, 0.05) is 34.4 Å². The molecule has 22 heavy (non-hydrogen) atoms. The number of anilines is 1. The van der Waals surface area contributed by atoms with Crippen LogP contribution in [0.25, 0.3) is 0 Å². The molecule has 0 radical (unpaired) electrons. The number of benzene rings is 1. The number of nitrogens with two attached hydrogens (primary N) is 1. The first-order valence-electron chi connectivity index (χ1n) is 6.76. The van der Waals surface area contributed by atoms with Crippen LogP contribution >= 0.6 is 0 Å². The molecule has 1 aromatic rings. The first-order chi connectivity index (χ1) is 10.3. The molecule has 0 aliphatic rings. The molecule has 0 saturated carbocycles. The average Bonchev–Trinajstić information content (AvgIpc) is 2.46. The van der Waals surface area contributed by atoms with E-state index in [1.807, 2.05) is 0 Å². The van der Waals surface area contributed by atoms with Gasteiger partial charge < -0.3 is 20.3 Å². The second-order valence-corrected chi connectivity index (χ2v) is 4.88. The maximum Gasteiger partial charge on any atom is 0.333 e. The van der Waals surface area contributed by atoms with Gasteiger partial charge in [0.25, 0.3) is 0 Å². The van der Waals surface area contributed by atoms with Crippen LogP contribution in [0.3, 0.4) is 0 Å². The Bertz CT molecular complexity index is 607. The number of nitrogen functional groups attached to an aromatic ring is 1. The normalized spacial score (nSPS) is 10.2. The third-order valence-corrected chi connectivity index (χ3v) is 3.24. The van der Waals surface area contributed by atoms with Gasteiger partial charge in [0.05, 0.1) is 20.3 Å². The van der Waals surface area contributed by atoms with Crippen LogP contribution in [0.15, 0.2) is 18.2 Å². The zero-order chi connectivity index (χ0) is 16.9. The van der Waals surface area contributed by atoms with Crippen molar-refractivity contribution in [2.45, 2.75) is 26.9 Å². The van der Waals surface area contributed by atoms with Crippen molar-refractivity contribution < 1.29 is 24.2 Å². The lowest BCUT2D eigenvalue weighted by molar-refractivity contribution is -0.138. The number of aliphatic hydroxyl groups excluding tert-OH is 1. The summed E-state index contributed by atoms with van der Waals surface area (Å²) >= 11 is 0. The van der Waals surface area contributed by atoms with Crippen LogP contribution < -0.4 is 10.5 Å². The zero-order valence-corrected chi connectivity index (χ0v) is 13.1. The fraction of sp³-hybridized carbons (Fsp3) is 0.375. The molecule has 6 nitrogen and oxygen atoms in total. The van der Waals surface area contributed by atoms with Gasteiger partial charge in [0.1, 0.15) is 5.75 Å². The first kappa shape index (κ1) is 17.7. The number of esters is 1. The van der Waals surface area contributed by atoms with E-state index in [1.54, 1.807) is 6.92 Å². The predicted molar refractivity (Wildman–Crippen MR) is 82.8 cm³/mol. The number of methoxy groups -OCH3 is 1. The topological polar surface area (TPSA) is 98.9 Å². The third kappa shape index (κ3) is 3.85. The number of carbonyl (C=O) groups is 2. The van der Waals surface area contributed by atoms with Crippen molar-refractivity contribution in [1.82, 2.24) is 0 Å². The summed E-state index contributed by atoms with van der Waals surface area (Å²) in [7, 11) is 1.46. The van der Waals surface area contributed by atoms with E-state index in [9.17, 15) is 14.7 Å². The van der Waals surface area contributed by atoms with E-state index in [-0.39, 0.29) is 24.7 Å². The molecule has 1 rings (SSSR count). The van der Waals surface area contributed by atoms with Crippen molar-refractivity contribution in [3.05, 3.63) is 34.9 Å². The highest BCUT2D eigenvalue weighted by Crippen LogP contribution is 2.32. The van der Waals surface area contributed by atoms with Crippen LogP contribution in [0, 0.1) is 0 Å². The molecule has 0 heterocycles. The van der Waals surface area contributed by atoms with Crippen LogP contribution in [-0.4, -0.2) is 30.6 Å². The van der Waals surface area contributed by atoms with Crippen molar-refractivity contribution >= 4 is 17.4 Å². The van der Waals surface area contributed by atoms with Crippen LogP contribution in [-0.2, 0) is 22.6 Å². The number of ketones is 1. The van der Waals surface area contributed by atoms with E-state index in [4.69, 9.17) is 15.2 Å². The summed E-state index contributed by atoms with van der Waals surface area (Å²) in [5.74, 6) is -0.279. The fourth-order valence-corrected chi connectivity index (χ4v) is 2.07. The Labute approximate surface area is 129 Å². The van der Waals surface area contributed by atoms with Gasteiger partial charge in [-0.15, -0.1) is 0 Å². The number of Topliss-reactive ketones (excluding diaryl/α,β-unsaturated/α-hetero) is 1. The van der Waals surface area contributed by atoms with Gasteiger partial charge in [-0.3, -0.25) is 4.79 Å². The third-order valence-electron chi connectivity index (χ3n) is 3.24. The summed E-state index contributed by atoms with van der Waals surface area (Å²) < 4.78 is 10.3. The Morgan fingerprint density at radius 2 is 1.95 bits per heavy atom. The van der Waals surface area contributed by atoms with Crippen LogP contribution in [0.2, 0.25) is 0 Å². The maximum absolute atomic E-state index is 11.6. The molecule has 0 aliphatic carbocycles. The average molecular weight is 307 g/mol. The lowest BCUT2D eigenvalue weighted by atomic mass is 9.96. The second-order valence-electron chi connectivity index (χ2n) is 4.88. The van der Waals surface area contributed by atoms with Gasteiger partial charge in [-0.05, 0) is 19.9 Å². The Hall–Kier alpha value is -2.34. The van der Waals surface area contributed by atoms with E-state index < -0.39 is 5.97 Å². The molecule has 1 aromatic carbocycles. The highest BCUT2D eigenvalue weighted by molar-refractivity contribution is 6.00. The first-order valence-corrected chi connectivity index (χ1v) is 6.76. The Kier molecular flexibility index (Phi) is 6.12. The smallest absolute Gasteiger partial charge is 0.333 e. The molecule has 120 valence electrons. The molecule has 0 unspecified atom stereocenters. The van der Waals surface area contributed by atoms with Crippen molar-refractivity contribution in [1.29, 1.82) is 0 Å². The molecule has 0 bridgehead atoms. The largest absolute Gasteiger partial charge is 0.496 e. The van der Waals surface area contributed by atoms with Crippen molar-refractivity contribution in [2.24, 2.45) is 0 Å². The number of hydrogen-bond donors (Lipinski definition) is 2. The Balaban J connectivity index is 3.12. The predicted octanol–water partition coefficient (Wildman–Crippen LogP) is 1.63. The Morgan fingerprint density at radius 3 is 2.41 bits per heavy atom. The zero-order valence-electron chi connectivity index (χ0n) is 13.1. The van der Waals surface area contributed by atoms with Gasteiger partial charge in [0.15, 0.2) is 5.78 Å². The summed E-state index contributed by atoms with van der Waals surface area (Å²) in [5, 5.41) is 9.55. The molecule has 0 saturated heterocycles. The SMILES string of the molecule is C=C(C)C(=O)OCCc1c(OC)cc(C(C)=O)c(N)c1CO. The van der Waals surface area contributed by atoms with Crippen LogP contribution in [0.5, 0.6) is 5.75 Å². The molecule has 3 N–H and O–H groups in total. The minimum atomic E-state index is -0.488. The van der Waals surface area contributed by atoms with Crippen molar-refractivity contribution in [3.63, 3.8) is 0 Å². The monoisotopic (exact) mass is 307 g/mol. The molecular formula is C16H21NO5. The number of aliphatic hydroxyl groups is 1. The van der Waals surface area contributed by atoms with Crippen LogP contribution in [0.1, 0.15) is 35.3 Å². The standard InChI is InChI=1S/C16H21NO5/c1-9(2)16(20)22-6-5-11-13(8-18)15(17)12(10(3)19)7-14(11)21-4/h7,18H,1,5-6,8,17H2,2-4H3. The van der Waals surface area contributed by atoms with Gasteiger partial charge >= 0.3 is 5.97 Å². The lowest BCUT2D eigenvalue weighted by Gasteiger charge is -2.17. The van der Waals surface area contributed by atoms with Crippen molar-refractivity contribution in [3.8, 4) is 5.75 Å². The molecule has 0 aliphatic heterocycles. The van der Waals surface area contributed by atoms with E-state index in [0.29, 0.717) is 34.4 Å². The molecule has 0 spiro atoms. The molecule has 0 amide bonds. The number of carbonyl (C=O) groups excluding carboxylic acids is 2. The minimum absolute atomic E-state index is 0.0912. The van der Waals surface area contributed by atoms with Crippen molar-refractivity contribution in [2.75, 3.05) is 19.5 Å². The number of rotatable bonds is 7. The fourth-order valence-electron chi connectivity index (χ4n) is 2.07. The van der Waals surface area contributed by atoms with E-state index in [1.165, 1.54) is 20.1 Å². The summed E-state index contributed by atoms with van der Waals surface area (Å²) in [6, 6.07) is 1.53.